The Morgan fingerprint density at radius 2 is 1.96 bits per heavy atom. The maximum atomic E-state index is 13.1. The highest BCUT2D eigenvalue weighted by Gasteiger charge is 2.28. The van der Waals surface area contributed by atoms with Crippen LogP contribution in [0.1, 0.15) is 28.8 Å². The van der Waals surface area contributed by atoms with Crippen LogP contribution in [0, 0.1) is 5.82 Å². The molecule has 0 bridgehead atoms. The van der Waals surface area contributed by atoms with Gasteiger partial charge in [-0.3, -0.25) is 9.88 Å². The van der Waals surface area contributed by atoms with Crippen molar-refractivity contribution in [2.45, 2.75) is 32.0 Å². The summed E-state index contributed by atoms with van der Waals surface area (Å²) in [7, 11) is 0. The Hall–Kier alpha value is -3.06. The van der Waals surface area contributed by atoms with Gasteiger partial charge in [-0.05, 0) is 42.7 Å². The Morgan fingerprint density at radius 3 is 2.68 bits per heavy atom. The quantitative estimate of drug-likeness (QED) is 0.648. The topological polar surface area (TPSA) is 71.2 Å². The van der Waals surface area contributed by atoms with Gasteiger partial charge in [0.2, 0.25) is 0 Å². The number of aromatic carboxylic acids is 1. The molecule has 0 spiro atoms. The summed E-state index contributed by atoms with van der Waals surface area (Å²) in [6.45, 7) is 2.43. The lowest BCUT2D eigenvalue weighted by Crippen LogP contribution is -2.29. The van der Waals surface area contributed by atoms with Crippen molar-refractivity contribution in [3.05, 3.63) is 72.1 Å². The summed E-state index contributed by atoms with van der Waals surface area (Å²) >= 11 is 0. The zero-order valence-corrected chi connectivity index (χ0v) is 15.3. The van der Waals surface area contributed by atoms with Gasteiger partial charge in [0.05, 0.1) is 17.6 Å². The van der Waals surface area contributed by atoms with E-state index >= 15 is 0 Å². The first kappa shape index (κ1) is 18.3. The highest BCUT2D eigenvalue weighted by Crippen LogP contribution is 2.28. The molecule has 28 heavy (non-hydrogen) atoms. The summed E-state index contributed by atoms with van der Waals surface area (Å²) in [4.78, 5) is 22.1. The van der Waals surface area contributed by atoms with Crippen molar-refractivity contribution in [1.29, 1.82) is 0 Å². The maximum Gasteiger partial charge on any atom is 0.335 e. The smallest absolute Gasteiger partial charge is 0.335 e. The number of carboxylic acid groups (broad SMARTS) is 1. The first-order valence-electron chi connectivity index (χ1n) is 9.28. The number of carboxylic acids is 1. The second-order valence-corrected chi connectivity index (χ2v) is 7.06. The van der Waals surface area contributed by atoms with Gasteiger partial charge in [-0.15, -0.1) is 0 Å². The van der Waals surface area contributed by atoms with Crippen molar-refractivity contribution < 1.29 is 14.3 Å². The molecule has 144 valence electrons. The van der Waals surface area contributed by atoms with E-state index in [-0.39, 0.29) is 11.4 Å². The first-order valence-corrected chi connectivity index (χ1v) is 9.28. The minimum absolute atomic E-state index is 0.193. The van der Waals surface area contributed by atoms with Crippen molar-refractivity contribution in [3.8, 4) is 11.4 Å². The summed E-state index contributed by atoms with van der Waals surface area (Å²) in [5, 5.41) is 9.12. The molecular weight excluding hydrogens is 359 g/mol. The standard InChI is InChI=1S/C21H21FN4O2/c22-17-3-1-15(2-4-17)12-26(18-5-6-18)10-9-25-13-20(24-14-25)19-11-16(21(27)28)7-8-23-19/h1-4,7-8,11,13-14,18H,5-6,9-10,12H2,(H,27,28). The molecule has 2 heterocycles. The van der Waals surface area contributed by atoms with Crippen LogP contribution in [0.2, 0.25) is 0 Å². The second-order valence-electron chi connectivity index (χ2n) is 7.06. The van der Waals surface area contributed by atoms with Crippen LogP contribution in [0.5, 0.6) is 0 Å². The van der Waals surface area contributed by atoms with Crippen LogP contribution in [-0.2, 0) is 13.1 Å². The van der Waals surface area contributed by atoms with E-state index in [9.17, 15) is 9.18 Å². The van der Waals surface area contributed by atoms with Crippen molar-refractivity contribution in [3.63, 3.8) is 0 Å². The molecule has 1 N–H and O–H groups in total. The third-order valence-corrected chi connectivity index (χ3v) is 4.91. The molecule has 7 heteroatoms. The van der Waals surface area contributed by atoms with E-state index in [1.54, 1.807) is 6.33 Å². The van der Waals surface area contributed by atoms with Crippen LogP contribution in [-0.4, -0.2) is 43.1 Å². The number of nitrogens with zero attached hydrogens (tertiary/aromatic N) is 4. The lowest BCUT2D eigenvalue weighted by Gasteiger charge is -2.22. The molecule has 3 aromatic rings. The van der Waals surface area contributed by atoms with Gasteiger partial charge in [0, 0.05) is 38.1 Å². The minimum Gasteiger partial charge on any atom is -0.478 e. The van der Waals surface area contributed by atoms with E-state index in [0.29, 0.717) is 17.4 Å². The van der Waals surface area contributed by atoms with E-state index in [1.165, 1.54) is 43.3 Å². The lowest BCUT2D eigenvalue weighted by molar-refractivity contribution is 0.0697. The normalized spacial score (nSPS) is 13.8. The molecule has 1 saturated carbocycles. The number of pyridine rings is 1. The fraction of sp³-hybridized carbons (Fsp3) is 0.286. The van der Waals surface area contributed by atoms with E-state index in [1.807, 2.05) is 22.9 Å². The van der Waals surface area contributed by atoms with Crippen molar-refractivity contribution >= 4 is 5.97 Å². The molecule has 1 aliphatic rings. The molecule has 4 rings (SSSR count). The third-order valence-electron chi connectivity index (χ3n) is 4.91. The number of benzene rings is 1. The molecule has 1 aromatic carbocycles. The molecule has 6 nitrogen and oxygen atoms in total. The molecule has 0 saturated heterocycles. The van der Waals surface area contributed by atoms with E-state index in [0.717, 1.165) is 25.2 Å². The van der Waals surface area contributed by atoms with Crippen LogP contribution < -0.4 is 0 Å². The Labute approximate surface area is 162 Å². The van der Waals surface area contributed by atoms with Crippen LogP contribution >= 0.6 is 0 Å². The van der Waals surface area contributed by atoms with Crippen LogP contribution in [0.4, 0.5) is 4.39 Å². The van der Waals surface area contributed by atoms with Crippen molar-refractivity contribution in [2.24, 2.45) is 0 Å². The Morgan fingerprint density at radius 1 is 1.18 bits per heavy atom. The largest absolute Gasteiger partial charge is 0.478 e. The number of rotatable bonds is 8. The van der Waals surface area contributed by atoms with E-state index < -0.39 is 5.97 Å². The minimum atomic E-state index is -0.982. The van der Waals surface area contributed by atoms with Gasteiger partial charge in [-0.25, -0.2) is 14.2 Å². The van der Waals surface area contributed by atoms with Gasteiger partial charge < -0.3 is 9.67 Å². The Kier molecular flexibility index (Phi) is 5.16. The molecule has 0 amide bonds. The highest BCUT2D eigenvalue weighted by atomic mass is 19.1. The van der Waals surface area contributed by atoms with Crippen molar-refractivity contribution in [2.75, 3.05) is 6.54 Å². The molecule has 1 aliphatic carbocycles. The van der Waals surface area contributed by atoms with Gasteiger partial charge >= 0.3 is 5.97 Å². The predicted molar refractivity (Wildman–Crippen MR) is 102 cm³/mol. The summed E-state index contributed by atoms with van der Waals surface area (Å²) in [6, 6.07) is 10.2. The van der Waals surface area contributed by atoms with Gasteiger partial charge in [-0.2, -0.15) is 0 Å². The first-order chi connectivity index (χ1) is 13.6. The molecule has 0 atom stereocenters. The molecule has 2 aromatic heterocycles. The third kappa shape index (κ3) is 4.43. The fourth-order valence-corrected chi connectivity index (χ4v) is 3.22. The van der Waals surface area contributed by atoms with E-state index in [4.69, 9.17) is 5.11 Å². The number of carbonyl (C=O) groups is 1. The summed E-state index contributed by atoms with van der Waals surface area (Å²) < 4.78 is 15.1. The highest BCUT2D eigenvalue weighted by molar-refractivity contribution is 5.88. The SMILES string of the molecule is O=C(O)c1ccnc(-c2cn(CCN(Cc3ccc(F)cc3)C3CC3)cn2)c1. The number of hydrogen-bond donors (Lipinski definition) is 1. The Bertz CT molecular complexity index is 967. The van der Waals surface area contributed by atoms with Crippen LogP contribution in [0.15, 0.2) is 55.1 Å². The average molecular weight is 380 g/mol. The average Bonchev–Trinajstić information content (AvgIpc) is 3.44. The van der Waals surface area contributed by atoms with Crippen LogP contribution in [0.3, 0.4) is 0 Å². The zero-order chi connectivity index (χ0) is 19.5. The Balaban J connectivity index is 1.41. The van der Waals surface area contributed by atoms with Crippen LogP contribution in [0.25, 0.3) is 11.4 Å². The van der Waals surface area contributed by atoms with E-state index in [2.05, 4.69) is 14.9 Å². The van der Waals surface area contributed by atoms with Gasteiger partial charge in [0.25, 0.3) is 0 Å². The predicted octanol–water partition coefficient (Wildman–Crippen LogP) is 3.45. The lowest BCUT2D eigenvalue weighted by atomic mass is 10.2. The monoisotopic (exact) mass is 380 g/mol. The summed E-state index contributed by atoms with van der Waals surface area (Å²) in [5.41, 5.74) is 2.50. The fourth-order valence-electron chi connectivity index (χ4n) is 3.22. The molecule has 0 aliphatic heterocycles. The van der Waals surface area contributed by atoms with Crippen molar-refractivity contribution in [1.82, 2.24) is 19.4 Å². The molecule has 1 fully saturated rings. The maximum absolute atomic E-state index is 13.1. The number of aromatic nitrogens is 3. The van der Waals surface area contributed by atoms with Gasteiger partial charge in [0.15, 0.2) is 0 Å². The van der Waals surface area contributed by atoms with Gasteiger partial charge in [-0.1, -0.05) is 12.1 Å². The van der Waals surface area contributed by atoms with Gasteiger partial charge in [0.1, 0.15) is 11.5 Å². The number of halogens is 1. The molecular formula is C21H21FN4O2. The zero-order valence-electron chi connectivity index (χ0n) is 15.3. The molecule has 0 radical (unpaired) electrons. The number of imidazole rings is 1. The number of hydrogen-bond acceptors (Lipinski definition) is 4. The molecule has 0 unspecified atom stereocenters. The summed E-state index contributed by atoms with van der Waals surface area (Å²) in [6.07, 6.45) is 7.50. The summed E-state index contributed by atoms with van der Waals surface area (Å²) in [5.74, 6) is -1.20. The second kappa shape index (κ2) is 7.90.